The van der Waals surface area contributed by atoms with E-state index in [9.17, 15) is 8.42 Å². The van der Waals surface area contributed by atoms with E-state index in [1.807, 2.05) is 0 Å². The molecular weight excluding hydrogens is 384 g/mol. The topological polar surface area (TPSA) is 63.4 Å². The molecule has 4 nitrogen and oxygen atoms in total. The van der Waals surface area contributed by atoms with E-state index in [-0.39, 0.29) is 10.9 Å². The van der Waals surface area contributed by atoms with Crippen LogP contribution in [0.1, 0.15) is 19.3 Å². The van der Waals surface area contributed by atoms with Crippen LogP contribution >= 0.6 is 31.9 Å². The molecule has 0 bridgehead atoms. The van der Waals surface area contributed by atoms with Crippen LogP contribution in [0.15, 0.2) is 26.0 Å². The number of nitrogen functional groups attached to an aromatic ring is 1. The van der Waals surface area contributed by atoms with E-state index >= 15 is 0 Å². The van der Waals surface area contributed by atoms with Crippen molar-refractivity contribution in [1.29, 1.82) is 0 Å². The normalized spacial score (nSPS) is 16.9. The van der Waals surface area contributed by atoms with Gasteiger partial charge in [-0.15, -0.1) is 0 Å². The van der Waals surface area contributed by atoms with Crippen LogP contribution in [0.5, 0.6) is 0 Å². The van der Waals surface area contributed by atoms with Gasteiger partial charge in [0, 0.05) is 27.7 Å². The molecular formula is C11H14Br2N2O2S. The number of rotatable bonds is 3. The molecule has 0 atom stereocenters. The van der Waals surface area contributed by atoms with Gasteiger partial charge in [0.15, 0.2) is 0 Å². The fourth-order valence-corrected chi connectivity index (χ4v) is 5.87. The number of anilines is 1. The third-order valence-electron chi connectivity index (χ3n) is 3.25. The molecule has 0 radical (unpaired) electrons. The van der Waals surface area contributed by atoms with Gasteiger partial charge in [-0.2, -0.15) is 4.31 Å². The second-order valence-electron chi connectivity index (χ2n) is 4.42. The van der Waals surface area contributed by atoms with Crippen molar-refractivity contribution in [2.45, 2.75) is 30.2 Å². The predicted octanol–water partition coefficient (Wildman–Crippen LogP) is 2.97. The maximum atomic E-state index is 12.5. The van der Waals surface area contributed by atoms with E-state index in [4.69, 9.17) is 5.73 Å². The molecule has 18 heavy (non-hydrogen) atoms. The Labute approximate surface area is 124 Å². The largest absolute Gasteiger partial charge is 0.399 e. The van der Waals surface area contributed by atoms with Gasteiger partial charge in [-0.3, -0.25) is 0 Å². The molecule has 1 aliphatic carbocycles. The van der Waals surface area contributed by atoms with Crippen LogP contribution < -0.4 is 5.73 Å². The van der Waals surface area contributed by atoms with Crippen LogP contribution in [0.25, 0.3) is 0 Å². The maximum absolute atomic E-state index is 12.5. The molecule has 0 aromatic heterocycles. The summed E-state index contributed by atoms with van der Waals surface area (Å²) in [5.41, 5.74) is 6.19. The lowest BCUT2D eigenvalue weighted by molar-refractivity contribution is 0.249. The summed E-state index contributed by atoms with van der Waals surface area (Å²) in [5, 5.41) is 0. The summed E-state index contributed by atoms with van der Waals surface area (Å²) in [6, 6.07) is 3.32. The molecule has 1 saturated carbocycles. The van der Waals surface area contributed by atoms with E-state index in [1.54, 1.807) is 19.2 Å². The van der Waals surface area contributed by atoms with Gasteiger partial charge < -0.3 is 5.73 Å². The van der Waals surface area contributed by atoms with Crippen LogP contribution in [-0.4, -0.2) is 25.8 Å². The highest BCUT2D eigenvalue weighted by atomic mass is 79.9. The number of nitrogens with two attached hydrogens (primary N) is 1. The number of hydrogen-bond acceptors (Lipinski definition) is 3. The number of hydrogen-bond donors (Lipinski definition) is 1. The molecule has 0 saturated heterocycles. The van der Waals surface area contributed by atoms with Crippen molar-refractivity contribution in [3.8, 4) is 0 Å². The van der Waals surface area contributed by atoms with Crippen LogP contribution in [0, 0.1) is 0 Å². The van der Waals surface area contributed by atoms with E-state index in [0.717, 1.165) is 19.3 Å². The molecule has 2 N–H and O–H groups in total. The highest BCUT2D eigenvalue weighted by Gasteiger charge is 2.34. The Kier molecular flexibility index (Phi) is 4.06. The second-order valence-corrected chi connectivity index (χ2v) is 8.06. The zero-order valence-electron chi connectivity index (χ0n) is 9.86. The monoisotopic (exact) mass is 396 g/mol. The van der Waals surface area contributed by atoms with Crippen molar-refractivity contribution >= 4 is 47.6 Å². The molecule has 1 fully saturated rings. The highest BCUT2D eigenvalue weighted by Crippen LogP contribution is 2.36. The van der Waals surface area contributed by atoms with Crippen molar-refractivity contribution in [2.24, 2.45) is 0 Å². The van der Waals surface area contributed by atoms with Gasteiger partial charge in [-0.25, -0.2) is 8.42 Å². The van der Waals surface area contributed by atoms with Gasteiger partial charge in [-0.05, 0) is 56.8 Å². The van der Waals surface area contributed by atoms with Crippen molar-refractivity contribution < 1.29 is 8.42 Å². The smallest absolute Gasteiger partial charge is 0.245 e. The van der Waals surface area contributed by atoms with Crippen LogP contribution in [0.2, 0.25) is 0 Å². The van der Waals surface area contributed by atoms with Crippen LogP contribution in [0.3, 0.4) is 0 Å². The first kappa shape index (κ1) is 14.3. The molecule has 0 heterocycles. The molecule has 7 heteroatoms. The van der Waals surface area contributed by atoms with E-state index in [0.29, 0.717) is 14.6 Å². The first-order valence-corrected chi connectivity index (χ1v) is 8.59. The molecule has 0 unspecified atom stereocenters. The Morgan fingerprint density at radius 1 is 1.28 bits per heavy atom. The van der Waals surface area contributed by atoms with E-state index in [1.165, 1.54) is 4.31 Å². The summed E-state index contributed by atoms with van der Waals surface area (Å²) < 4.78 is 27.5. The standard InChI is InChI=1S/C11H14Br2N2O2S/c1-15(8-3-2-4-8)18(16,17)11-9(12)5-7(14)6-10(11)13/h5-6,8H,2-4,14H2,1H3. The number of sulfonamides is 1. The minimum absolute atomic E-state index is 0.117. The SMILES string of the molecule is CN(C1CCC1)S(=O)(=O)c1c(Br)cc(N)cc1Br. The quantitative estimate of drug-likeness (QED) is 0.797. The summed E-state index contributed by atoms with van der Waals surface area (Å²) in [7, 11) is -1.86. The molecule has 2 rings (SSSR count). The third kappa shape index (κ3) is 2.45. The molecule has 1 aromatic carbocycles. The molecule has 0 spiro atoms. The Morgan fingerprint density at radius 2 is 1.78 bits per heavy atom. The van der Waals surface area contributed by atoms with Crippen molar-refractivity contribution in [1.82, 2.24) is 4.31 Å². The average molecular weight is 398 g/mol. The summed E-state index contributed by atoms with van der Waals surface area (Å²) in [5.74, 6) is 0. The van der Waals surface area contributed by atoms with Crippen LogP contribution in [0.4, 0.5) is 5.69 Å². The molecule has 1 aromatic rings. The third-order valence-corrected chi connectivity index (χ3v) is 7.03. The van der Waals surface area contributed by atoms with Gasteiger partial charge >= 0.3 is 0 Å². The van der Waals surface area contributed by atoms with Crippen molar-refractivity contribution in [3.05, 3.63) is 21.1 Å². The number of nitrogens with zero attached hydrogens (tertiary/aromatic N) is 1. The molecule has 100 valence electrons. The predicted molar refractivity (Wildman–Crippen MR) is 78.8 cm³/mol. The zero-order chi connectivity index (χ0) is 13.5. The first-order valence-electron chi connectivity index (χ1n) is 5.56. The fourth-order valence-electron chi connectivity index (χ4n) is 1.92. The van der Waals surface area contributed by atoms with Crippen LogP contribution in [-0.2, 0) is 10.0 Å². The van der Waals surface area contributed by atoms with E-state index in [2.05, 4.69) is 31.9 Å². The van der Waals surface area contributed by atoms with Gasteiger partial charge in [0.1, 0.15) is 4.90 Å². The lowest BCUT2D eigenvalue weighted by atomic mass is 9.94. The van der Waals surface area contributed by atoms with E-state index < -0.39 is 10.0 Å². The summed E-state index contributed by atoms with van der Waals surface area (Å²) in [6.07, 6.45) is 2.95. The Hall–Kier alpha value is -0.110. The summed E-state index contributed by atoms with van der Waals surface area (Å²) >= 11 is 6.55. The second kappa shape index (κ2) is 5.11. The van der Waals surface area contributed by atoms with Gasteiger partial charge in [0.05, 0.1) is 0 Å². The number of benzene rings is 1. The average Bonchev–Trinajstić information content (AvgIpc) is 2.11. The minimum Gasteiger partial charge on any atom is -0.399 e. The Balaban J connectivity index is 2.47. The summed E-state index contributed by atoms with van der Waals surface area (Å²) in [4.78, 5) is 0.242. The Bertz CT molecular complexity index is 547. The maximum Gasteiger partial charge on any atom is 0.245 e. The number of halogens is 2. The zero-order valence-corrected chi connectivity index (χ0v) is 13.8. The first-order chi connectivity index (χ1) is 8.34. The van der Waals surface area contributed by atoms with Gasteiger partial charge in [0.25, 0.3) is 0 Å². The van der Waals surface area contributed by atoms with Gasteiger partial charge in [-0.1, -0.05) is 6.42 Å². The highest BCUT2D eigenvalue weighted by molar-refractivity contribution is 9.11. The lowest BCUT2D eigenvalue weighted by Crippen LogP contribution is -2.41. The van der Waals surface area contributed by atoms with Gasteiger partial charge in [0.2, 0.25) is 10.0 Å². The molecule has 1 aliphatic rings. The van der Waals surface area contributed by atoms with Crippen molar-refractivity contribution in [2.75, 3.05) is 12.8 Å². The minimum atomic E-state index is -3.49. The molecule has 0 amide bonds. The lowest BCUT2D eigenvalue weighted by Gasteiger charge is -2.34. The summed E-state index contributed by atoms with van der Waals surface area (Å²) in [6.45, 7) is 0. The Morgan fingerprint density at radius 3 is 2.17 bits per heavy atom. The van der Waals surface area contributed by atoms with Crippen molar-refractivity contribution in [3.63, 3.8) is 0 Å². The molecule has 0 aliphatic heterocycles. The fraction of sp³-hybridized carbons (Fsp3) is 0.455.